The zero-order valence-electron chi connectivity index (χ0n) is 18.2. The Morgan fingerprint density at radius 3 is 1.39 bits per heavy atom. The summed E-state index contributed by atoms with van der Waals surface area (Å²) in [5, 5.41) is 0. The molecule has 0 aromatic heterocycles. The molecular weight excluding hydrogens is 406 g/mol. The number of benzene rings is 3. The molecule has 0 bridgehead atoms. The molecule has 0 saturated heterocycles. The molecule has 1 atom stereocenters. The van der Waals surface area contributed by atoms with Crippen LogP contribution in [0, 0.1) is 0 Å². The quantitative estimate of drug-likeness (QED) is 0.223. The van der Waals surface area contributed by atoms with Crippen molar-refractivity contribution in [3.05, 3.63) is 120 Å². The summed E-state index contributed by atoms with van der Waals surface area (Å²) in [6.07, 6.45) is -0.352. The normalized spacial score (nSPS) is 11.8. The molecular formula is C27H30ClNO2. The fraction of sp³-hybridized carbons (Fsp3) is 0.222. The fourth-order valence-corrected chi connectivity index (χ4v) is 3.76. The number of ether oxygens (including phenoxy) is 1. The molecule has 0 heterocycles. The highest BCUT2D eigenvalue weighted by molar-refractivity contribution is 5.86. The molecule has 0 aliphatic rings. The second-order valence-corrected chi connectivity index (χ2v) is 7.93. The smallest absolute Gasteiger partial charge is 0.337 e. The van der Waals surface area contributed by atoms with Crippen molar-refractivity contribution in [1.82, 2.24) is 0 Å². The molecule has 0 aliphatic carbocycles. The van der Waals surface area contributed by atoms with Gasteiger partial charge in [0.05, 0.1) is 0 Å². The molecule has 0 aliphatic heterocycles. The topological polar surface area (TPSA) is 26.3 Å². The molecule has 0 fully saturated rings. The number of carbonyl (C=O) groups is 1. The van der Waals surface area contributed by atoms with Crippen LogP contribution in [0.4, 0.5) is 0 Å². The lowest BCUT2D eigenvalue weighted by atomic mass is 10.1. The SMILES string of the molecule is C=C(C)C(=O)OC(C)[N+](Cc1ccccc1)(Cc1ccccc1)Cc1ccccc1.[Cl-]. The highest BCUT2D eigenvalue weighted by Gasteiger charge is 2.37. The third kappa shape index (κ3) is 6.81. The van der Waals surface area contributed by atoms with E-state index in [1.54, 1.807) is 6.92 Å². The van der Waals surface area contributed by atoms with Crippen LogP contribution in [0.25, 0.3) is 0 Å². The number of esters is 1. The predicted octanol–water partition coefficient (Wildman–Crippen LogP) is 2.87. The number of nitrogens with zero attached hydrogens (tertiary/aromatic N) is 1. The van der Waals surface area contributed by atoms with Gasteiger partial charge in [0, 0.05) is 29.2 Å². The third-order valence-corrected chi connectivity index (χ3v) is 5.42. The lowest BCUT2D eigenvalue weighted by molar-refractivity contribution is -1.00. The summed E-state index contributed by atoms with van der Waals surface area (Å²) < 4.78 is 6.49. The largest absolute Gasteiger partial charge is 1.00 e. The molecule has 0 N–H and O–H groups in total. The van der Waals surface area contributed by atoms with Crippen LogP contribution in [-0.2, 0) is 29.2 Å². The Hall–Kier alpha value is -2.88. The van der Waals surface area contributed by atoms with Crippen molar-refractivity contribution in [3.63, 3.8) is 0 Å². The molecule has 3 aromatic rings. The molecule has 0 saturated carbocycles. The molecule has 31 heavy (non-hydrogen) atoms. The number of quaternary nitrogens is 1. The van der Waals surface area contributed by atoms with Crippen molar-refractivity contribution in [2.24, 2.45) is 0 Å². The zero-order chi connectivity index (χ0) is 21.4. The molecule has 3 nitrogen and oxygen atoms in total. The molecule has 1 unspecified atom stereocenters. The van der Waals surface area contributed by atoms with Gasteiger partial charge in [-0.25, -0.2) is 4.79 Å². The van der Waals surface area contributed by atoms with E-state index in [0.29, 0.717) is 10.1 Å². The van der Waals surface area contributed by atoms with Gasteiger partial charge in [-0.15, -0.1) is 0 Å². The first-order valence-electron chi connectivity index (χ1n) is 10.3. The van der Waals surface area contributed by atoms with Crippen LogP contribution in [0.1, 0.15) is 30.5 Å². The minimum Gasteiger partial charge on any atom is -1.00 e. The van der Waals surface area contributed by atoms with Crippen molar-refractivity contribution in [3.8, 4) is 0 Å². The molecule has 0 amide bonds. The van der Waals surface area contributed by atoms with E-state index in [2.05, 4.69) is 79.4 Å². The maximum absolute atomic E-state index is 12.4. The second-order valence-electron chi connectivity index (χ2n) is 7.93. The summed E-state index contributed by atoms with van der Waals surface area (Å²) in [4.78, 5) is 12.4. The van der Waals surface area contributed by atoms with Crippen LogP contribution in [0.3, 0.4) is 0 Å². The van der Waals surface area contributed by atoms with Crippen molar-refractivity contribution in [1.29, 1.82) is 0 Å². The molecule has 3 rings (SSSR count). The van der Waals surface area contributed by atoms with Gasteiger partial charge in [0.1, 0.15) is 19.6 Å². The summed E-state index contributed by atoms with van der Waals surface area (Å²) in [6, 6.07) is 31.2. The Kier molecular flexibility index (Phi) is 9.04. The van der Waals surface area contributed by atoms with Gasteiger partial charge < -0.3 is 17.1 Å². The molecule has 0 spiro atoms. The van der Waals surface area contributed by atoms with E-state index in [1.807, 2.05) is 25.1 Å². The lowest BCUT2D eigenvalue weighted by Crippen LogP contribution is -3.00. The van der Waals surface area contributed by atoms with E-state index < -0.39 is 0 Å². The Labute approximate surface area is 192 Å². The first-order chi connectivity index (χ1) is 14.5. The maximum atomic E-state index is 12.4. The molecule has 4 heteroatoms. The standard InChI is InChI=1S/C27H30NO2.ClH/c1-22(2)27(29)30-23(3)28(19-24-13-7-4-8-14-24,20-25-15-9-5-10-16-25)21-26-17-11-6-12-18-26;/h4-18,23H,1,19-21H2,2-3H3;1H/q+1;/p-1. The Balaban J connectivity index is 0.00000341. The minimum atomic E-state index is -0.352. The lowest BCUT2D eigenvalue weighted by Gasteiger charge is -2.43. The first-order valence-corrected chi connectivity index (χ1v) is 10.3. The highest BCUT2D eigenvalue weighted by atomic mass is 35.5. The predicted molar refractivity (Wildman–Crippen MR) is 121 cm³/mol. The first kappa shape index (κ1) is 24.4. The van der Waals surface area contributed by atoms with E-state index in [0.717, 1.165) is 19.6 Å². The van der Waals surface area contributed by atoms with Gasteiger partial charge in [0.2, 0.25) is 6.23 Å². The van der Waals surface area contributed by atoms with Crippen molar-refractivity contribution < 1.29 is 26.4 Å². The monoisotopic (exact) mass is 435 g/mol. The van der Waals surface area contributed by atoms with E-state index in [9.17, 15) is 4.79 Å². The zero-order valence-corrected chi connectivity index (χ0v) is 19.0. The van der Waals surface area contributed by atoms with Gasteiger partial charge in [-0.3, -0.25) is 4.48 Å². The molecule has 3 aromatic carbocycles. The fourth-order valence-electron chi connectivity index (χ4n) is 3.76. The Bertz CT molecular complexity index is 857. The second kappa shape index (κ2) is 11.5. The van der Waals surface area contributed by atoms with Crippen LogP contribution in [0.2, 0.25) is 0 Å². The number of rotatable bonds is 9. The summed E-state index contributed by atoms with van der Waals surface area (Å²) in [7, 11) is 0. The number of carbonyl (C=O) groups excluding carboxylic acids is 1. The highest BCUT2D eigenvalue weighted by Crippen LogP contribution is 2.29. The molecule has 162 valence electrons. The number of hydrogen-bond acceptors (Lipinski definition) is 2. The Morgan fingerprint density at radius 1 is 0.774 bits per heavy atom. The van der Waals surface area contributed by atoms with Gasteiger partial charge in [-0.1, -0.05) is 97.6 Å². The summed E-state index contributed by atoms with van der Waals surface area (Å²) in [5.74, 6) is -0.348. The van der Waals surface area contributed by atoms with Crippen LogP contribution < -0.4 is 12.4 Å². The third-order valence-electron chi connectivity index (χ3n) is 5.42. The number of hydrogen-bond donors (Lipinski definition) is 0. The van der Waals surface area contributed by atoms with Crippen LogP contribution >= 0.6 is 0 Å². The number of halogens is 1. The summed E-state index contributed by atoms with van der Waals surface area (Å²) >= 11 is 0. The summed E-state index contributed by atoms with van der Waals surface area (Å²) in [6.45, 7) is 9.68. The van der Waals surface area contributed by atoms with Gasteiger partial charge in [-0.05, 0) is 6.92 Å². The van der Waals surface area contributed by atoms with E-state index in [4.69, 9.17) is 4.74 Å². The minimum absolute atomic E-state index is 0. The average molecular weight is 436 g/mol. The maximum Gasteiger partial charge on any atom is 0.337 e. The van der Waals surface area contributed by atoms with Crippen LogP contribution in [0.5, 0.6) is 0 Å². The van der Waals surface area contributed by atoms with Crippen molar-refractivity contribution >= 4 is 5.97 Å². The Morgan fingerprint density at radius 2 is 1.10 bits per heavy atom. The van der Waals surface area contributed by atoms with Crippen LogP contribution in [0.15, 0.2) is 103 Å². The van der Waals surface area contributed by atoms with Gasteiger partial charge in [0.25, 0.3) is 0 Å². The van der Waals surface area contributed by atoms with Crippen molar-refractivity contribution in [2.45, 2.75) is 39.7 Å². The van der Waals surface area contributed by atoms with Gasteiger partial charge >= 0.3 is 5.97 Å². The average Bonchev–Trinajstić information content (AvgIpc) is 2.75. The van der Waals surface area contributed by atoms with E-state index >= 15 is 0 Å². The molecule has 0 radical (unpaired) electrons. The van der Waals surface area contributed by atoms with Crippen LogP contribution in [-0.4, -0.2) is 16.7 Å². The van der Waals surface area contributed by atoms with Gasteiger partial charge in [0.15, 0.2) is 0 Å². The van der Waals surface area contributed by atoms with Gasteiger partial charge in [-0.2, -0.15) is 0 Å². The van der Waals surface area contributed by atoms with E-state index in [1.165, 1.54) is 16.7 Å². The van der Waals surface area contributed by atoms with Crippen molar-refractivity contribution in [2.75, 3.05) is 0 Å². The summed E-state index contributed by atoms with van der Waals surface area (Å²) in [5.41, 5.74) is 4.05. The van der Waals surface area contributed by atoms with E-state index in [-0.39, 0.29) is 24.6 Å².